The van der Waals surface area contributed by atoms with E-state index in [4.69, 9.17) is 10.5 Å². The molecule has 16 heavy (non-hydrogen) atoms. The van der Waals surface area contributed by atoms with Crippen molar-refractivity contribution in [1.29, 1.82) is 10.5 Å². The van der Waals surface area contributed by atoms with Crippen LogP contribution in [-0.2, 0) is 0 Å². The molecule has 0 aromatic heterocycles. The lowest BCUT2D eigenvalue weighted by molar-refractivity contribution is 0.135. The van der Waals surface area contributed by atoms with Gasteiger partial charge in [-0.3, -0.25) is 9.80 Å². The van der Waals surface area contributed by atoms with Crippen LogP contribution >= 0.6 is 0 Å². The Kier molecular flexibility index (Phi) is 6.52. The molecule has 0 spiro atoms. The number of nitriles is 2. The van der Waals surface area contributed by atoms with Crippen molar-refractivity contribution in [2.24, 2.45) is 0 Å². The van der Waals surface area contributed by atoms with Crippen molar-refractivity contribution >= 4 is 0 Å². The molecule has 0 aromatic rings. The van der Waals surface area contributed by atoms with E-state index in [0.29, 0.717) is 13.0 Å². The zero-order valence-electron chi connectivity index (χ0n) is 9.65. The third-order valence-corrected chi connectivity index (χ3v) is 2.81. The molecule has 1 fully saturated rings. The summed E-state index contributed by atoms with van der Waals surface area (Å²) in [7, 11) is 0. The molecule has 1 aliphatic rings. The van der Waals surface area contributed by atoms with Crippen LogP contribution < -0.4 is 5.32 Å². The lowest BCUT2D eigenvalue weighted by Gasteiger charge is -2.34. The molecule has 0 amide bonds. The van der Waals surface area contributed by atoms with E-state index in [0.717, 1.165) is 45.8 Å². The predicted octanol–water partition coefficient (Wildman–Crippen LogP) is -0.369. The average Bonchev–Trinajstić information content (AvgIpc) is 2.33. The van der Waals surface area contributed by atoms with Gasteiger partial charge in [-0.2, -0.15) is 10.5 Å². The number of hydrogen-bond donors (Lipinski definition) is 1. The summed E-state index contributed by atoms with van der Waals surface area (Å²) in [5, 5.41) is 19.9. The van der Waals surface area contributed by atoms with Crippen LogP contribution in [-0.4, -0.2) is 62.2 Å². The van der Waals surface area contributed by atoms with Crippen LogP contribution in [0.5, 0.6) is 0 Å². The first-order valence-electron chi connectivity index (χ1n) is 5.76. The quantitative estimate of drug-likeness (QED) is 0.490. The summed E-state index contributed by atoms with van der Waals surface area (Å²) in [5.41, 5.74) is 0. The lowest BCUT2D eigenvalue weighted by atomic mass is 10.3. The van der Waals surface area contributed by atoms with Crippen molar-refractivity contribution in [1.82, 2.24) is 15.1 Å². The zero-order chi connectivity index (χ0) is 11.6. The van der Waals surface area contributed by atoms with E-state index in [2.05, 4.69) is 27.3 Å². The van der Waals surface area contributed by atoms with Gasteiger partial charge in [-0.25, -0.2) is 0 Å². The molecule has 0 aliphatic carbocycles. The van der Waals surface area contributed by atoms with Crippen LogP contribution in [0.4, 0.5) is 0 Å². The molecule has 1 heterocycles. The molecular formula is C11H19N5. The van der Waals surface area contributed by atoms with Gasteiger partial charge in [-0.1, -0.05) is 0 Å². The Morgan fingerprint density at radius 3 is 2.12 bits per heavy atom. The lowest BCUT2D eigenvalue weighted by Crippen LogP contribution is -2.48. The smallest absolute Gasteiger partial charge is 0.0841 e. The molecule has 1 saturated heterocycles. The Hall–Kier alpha value is -1.14. The van der Waals surface area contributed by atoms with Crippen molar-refractivity contribution in [3.05, 3.63) is 0 Å². The number of nitrogens with zero attached hydrogens (tertiary/aromatic N) is 4. The Labute approximate surface area is 97.2 Å². The van der Waals surface area contributed by atoms with Gasteiger partial charge >= 0.3 is 0 Å². The van der Waals surface area contributed by atoms with Crippen LogP contribution in [0.2, 0.25) is 0 Å². The van der Waals surface area contributed by atoms with Gasteiger partial charge < -0.3 is 5.32 Å². The monoisotopic (exact) mass is 221 g/mol. The molecule has 5 heteroatoms. The summed E-state index contributed by atoms with van der Waals surface area (Å²) in [6.07, 6.45) is 0.629. The first-order chi connectivity index (χ1) is 7.86. The molecule has 0 aromatic carbocycles. The van der Waals surface area contributed by atoms with Crippen molar-refractivity contribution in [2.75, 3.05) is 52.4 Å². The highest BCUT2D eigenvalue weighted by atomic mass is 15.3. The van der Waals surface area contributed by atoms with E-state index < -0.39 is 0 Å². The molecular weight excluding hydrogens is 202 g/mol. The standard InChI is InChI=1S/C11H19N5/c12-2-1-6-15-8-10-16(11-9-15)7-5-14-4-3-13/h14H,1,4-11H2. The van der Waals surface area contributed by atoms with Gasteiger partial charge in [0.25, 0.3) is 0 Å². The van der Waals surface area contributed by atoms with Gasteiger partial charge in [0.05, 0.1) is 18.7 Å². The Bertz CT molecular complexity index is 257. The summed E-state index contributed by atoms with van der Waals surface area (Å²) in [5.74, 6) is 0. The van der Waals surface area contributed by atoms with Gasteiger partial charge in [0, 0.05) is 52.2 Å². The molecule has 5 nitrogen and oxygen atoms in total. The summed E-state index contributed by atoms with van der Waals surface area (Å²) >= 11 is 0. The minimum Gasteiger partial charge on any atom is -0.303 e. The molecule has 1 rings (SSSR count). The highest BCUT2D eigenvalue weighted by molar-refractivity contribution is 4.78. The SMILES string of the molecule is N#CCCN1CCN(CCNCC#N)CC1. The third-order valence-electron chi connectivity index (χ3n) is 2.81. The zero-order valence-corrected chi connectivity index (χ0v) is 9.65. The normalized spacial score (nSPS) is 17.9. The minimum absolute atomic E-state index is 0.433. The Balaban J connectivity index is 2.04. The second kappa shape index (κ2) is 8.06. The number of nitrogens with one attached hydrogen (secondary N) is 1. The number of hydrogen-bond acceptors (Lipinski definition) is 5. The summed E-state index contributed by atoms with van der Waals surface area (Å²) in [6, 6.07) is 4.25. The maximum atomic E-state index is 8.49. The number of rotatable bonds is 6. The van der Waals surface area contributed by atoms with Crippen molar-refractivity contribution in [3.8, 4) is 12.1 Å². The second-order valence-corrected chi connectivity index (χ2v) is 3.93. The molecule has 0 bridgehead atoms. The molecule has 1 aliphatic heterocycles. The maximum absolute atomic E-state index is 8.49. The summed E-state index contributed by atoms with van der Waals surface area (Å²) < 4.78 is 0. The second-order valence-electron chi connectivity index (χ2n) is 3.93. The predicted molar refractivity (Wildman–Crippen MR) is 61.6 cm³/mol. The average molecular weight is 221 g/mol. The first-order valence-corrected chi connectivity index (χ1v) is 5.76. The van der Waals surface area contributed by atoms with Gasteiger partial charge in [0.1, 0.15) is 0 Å². The van der Waals surface area contributed by atoms with Gasteiger partial charge in [-0.15, -0.1) is 0 Å². The van der Waals surface area contributed by atoms with E-state index in [1.54, 1.807) is 0 Å². The molecule has 0 saturated carbocycles. The Morgan fingerprint density at radius 2 is 1.56 bits per heavy atom. The maximum Gasteiger partial charge on any atom is 0.0841 e. The van der Waals surface area contributed by atoms with Crippen molar-refractivity contribution < 1.29 is 0 Å². The van der Waals surface area contributed by atoms with Crippen LogP contribution in [0.3, 0.4) is 0 Å². The fourth-order valence-electron chi connectivity index (χ4n) is 1.83. The fraction of sp³-hybridized carbons (Fsp3) is 0.818. The highest BCUT2D eigenvalue weighted by Crippen LogP contribution is 2.01. The van der Waals surface area contributed by atoms with Gasteiger partial charge in [-0.05, 0) is 0 Å². The topological polar surface area (TPSA) is 66.1 Å². The largest absolute Gasteiger partial charge is 0.303 e. The molecule has 0 atom stereocenters. The van der Waals surface area contributed by atoms with Crippen LogP contribution in [0, 0.1) is 22.7 Å². The first kappa shape index (κ1) is 12.9. The van der Waals surface area contributed by atoms with Crippen LogP contribution in [0.15, 0.2) is 0 Å². The van der Waals surface area contributed by atoms with E-state index in [1.807, 2.05) is 0 Å². The van der Waals surface area contributed by atoms with E-state index in [9.17, 15) is 0 Å². The molecule has 1 N–H and O–H groups in total. The van der Waals surface area contributed by atoms with Crippen molar-refractivity contribution in [2.45, 2.75) is 6.42 Å². The fourth-order valence-corrected chi connectivity index (χ4v) is 1.83. The van der Waals surface area contributed by atoms with E-state index in [1.165, 1.54) is 0 Å². The third kappa shape index (κ3) is 5.09. The number of piperazine rings is 1. The Morgan fingerprint density at radius 1 is 0.938 bits per heavy atom. The highest BCUT2D eigenvalue weighted by Gasteiger charge is 2.15. The van der Waals surface area contributed by atoms with Gasteiger partial charge in [0.15, 0.2) is 0 Å². The van der Waals surface area contributed by atoms with Crippen LogP contribution in [0.25, 0.3) is 0 Å². The summed E-state index contributed by atoms with van der Waals surface area (Å²) in [4.78, 5) is 4.73. The molecule has 88 valence electrons. The molecule has 0 unspecified atom stereocenters. The molecule has 0 radical (unpaired) electrons. The van der Waals surface area contributed by atoms with Crippen molar-refractivity contribution in [3.63, 3.8) is 0 Å². The van der Waals surface area contributed by atoms with E-state index >= 15 is 0 Å². The van der Waals surface area contributed by atoms with E-state index in [-0.39, 0.29) is 0 Å². The summed E-state index contributed by atoms with van der Waals surface area (Å²) in [6.45, 7) is 7.47. The van der Waals surface area contributed by atoms with Crippen LogP contribution in [0.1, 0.15) is 6.42 Å². The minimum atomic E-state index is 0.433. The van der Waals surface area contributed by atoms with Gasteiger partial charge in [0.2, 0.25) is 0 Å².